The molecule has 0 unspecified atom stereocenters. The Hall–Kier alpha value is -1.31. The van der Waals surface area contributed by atoms with E-state index >= 15 is 0 Å². The van der Waals surface area contributed by atoms with Gasteiger partial charge in [0, 0.05) is 26.7 Å². The molecule has 0 aromatic heterocycles. The third kappa shape index (κ3) is 3.37. The molecule has 0 saturated carbocycles. The molecule has 0 fully saturated rings. The van der Waals surface area contributed by atoms with Gasteiger partial charge >= 0.3 is 0 Å². The second-order valence-corrected chi connectivity index (χ2v) is 3.69. The Balaban J connectivity index is 0.00000106. The Kier molecular flexibility index (Phi) is 6.47. The fourth-order valence-corrected chi connectivity index (χ4v) is 1.55. The van der Waals surface area contributed by atoms with Gasteiger partial charge in [0.25, 0.3) is 0 Å². The Morgan fingerprint density at radius 2 is 1.69 bits per heavy atom. The molecular formula is C14H24N2. The largest absolute Gasteiger partial charge is 0.363 e. The first-order valence-electron chi connectivity index (χ1n) is 5.78. The Morgan fingerprint density at radius 3 is 2.12 bits per heavy atom. The van der Waals surface area contributed by atoms with Gasteiger partial charge in [-0.3, -0.25) is 4.99 Å². The van der Waals surface area contributed by atoms with Gasteiger partial charge in [-0.15, -0.1) is 0 Å². The molecule has 0 saturated heterocycles. The molecule has 1 rings (SSSR count). The molecule has 0 heterocycles. The van der Waals surface area contributed by atoms with E-state index in [9.17, 15) is 0 Å². The van der Waals surface area contributed by atoms with Crippen LogP contribution in [-0.4, -0.2) is 31.9 Å². The number of aliphatic imine (C=N–C) groups is 1. The van der Waals surface area contributed by atoms with Crippen molar-refractivity contribution >= 4 is 5.84 Å². The Morgan fingerprint density at radius 1 is 1.12 bits per heavy atom. The number of hydrogen-bond acceptors (Lipinski definition) is 1. The van der Waals surface area contributed by atoms with Crippen molar-refractivity contribution in [2.75, 3.05) is 21.1 Å². The zero-order valence-corrected chi connectivity index (χ0v) is 11.6. The first-order chi connectivity index (χ1) is 7.57. The lowest BCUT2D eigenvalue weighted by Crippen LogP contribution is -2.24. The van der Waals surface area contributed by atoms with Gasteiger partial charge < -0.3 is 4.90 Å². The summed E-state index contributed by atoms with van der Waals surface area (Å²) in [5.41, 5.74) is 3.84. The normalized spacial score (nSPS) is 10.6. The molecule has 90 valence electrons. The molecule has 0 aliphatic rings. The van der Waals surface area contributed by atoms with Crippen molar-refractivity contribution in [3.63, 3.8) is 0 Å². The van der Waals surface area contributed by atoms with E-state index in [1.54, 1.807) is 0 Å². The van der Waals surface area contributed by atoms with Crippen molar-refractivity contribution in [3.05, 3.63) is 34.9 Å². The van der Waals surface area contributed by atoms with Gasteiger partial charge in [-0.1, -0.05) is 32.0 Å². The van der Waals surface area contributed by atoms with Gasteiger partial charge in [0.2, 0.25) is 0 Å². The SMILES string of the molecule is CC.CN=C(c1cccc(C)c1C)N(C)C. The van der Waals surface area contributed by atoms with E-state index in [-0.39, 0.29) is 0 Å². The summed E-state index contributed by atoms with van der Waals surface area (Å²) in [5.74, 6) is 1.03. The monoisotopic (exact) mass is 220 g/mol. The summed E-state index contributed by atoms with van der Waals surface area (Å²) < 4.78 is 0. The molecule has 16 heavy (non-hydrogen) atoms. The van der Waals surface area contributed by atoms with Crippen molar-refractivity contribution in [2.24, 2.45) is 4.99 Å². The average Bonchev–Trinajstić information content (AvgIpc) is 2.27. The van der Waals surface area contributed by atoms with E-state index in [1.165, 1.54) is 16.7 Å². The van der Waals surface area contributed by atoms with Gasteiger partial charge in [0.05, 0.1) is 0 Å². The van der Waals surface area contributed by atoms with Crippen LogP contribution in [0.2, 0.25) is 0 Å². The molecule has 2 nitrogen and oxygen atoms in total. The second kappa shape index (κ2) is 7.04. The highest BCUT2D eigenvalue weighted by atomic mass is 15.1. The van der Waals surface area contributed by atoms with Crippen LogP contribution >= 0.6 is 0 Å². The molecule has 0 atom stereocenters. The summed E-state index contributed by atoms with van der Waals surface area (Å²) in [4.78, 5) is 6.35. The average molecular weight is 220 g/mol. The van der Waals surface area contributed by atoms with Gasteiger partial charge in [-0.25, -0.2) is 0 Å². The van der Waals surface area contributed by atoms with E-state index in [0.29, 0.717) is 0 Å². The fraction of sp³-hybridized carbons (Fsp3) is 0.500. The topological polar surface area (TPSA) is 15.6 Å². The lowest BCUT2D eigenvalue weighted by Gasteiger charge is -2.18. The molecule has 0 aliphatic heterocycles. The maximum Gasteiger partial charge on any atom is 0.130 e. The van der Waals surface area contributed by atoms with Crippen molar-refractivity contribution < 1.29 is 0 Å². The summed E-state index contributed by atoms with van der Waals surface area (Å²) in [7, 11) is 5.87. The summed E-state index contributed by atoms with van der Waals surface area (Å²) >= 11 is 0. The number of benzene rings is 1. The minimum Gasteiger partial charge on any atom is -0.363 e. The first-order valence-corrected chi connectivity index (χ1v) is 5.78. The molecule has 0 amide bonds. The van der Waals surface area contributed by atoms with Crippen molar-refractivity contribution in [1.29, 1.82) is 0 Å². The van der Waals surface area contributed by atoms with E-state index in [1.807, 2.05) is 39.9 Å². The number of hydrogen-bond donors (Lipinski definition) is 0. The lowest BCUT2D eigenvalue weighted by atomic mass is 10.0. The molecule has 0 N–H and O–H groups in total. The van der Waals surface area contributed by atoms with Crippen molar-refractivity contribution in [3.8, 4) is 0 Å². The van der Waals surface area contributed by atoms with Crippen LogP contribution in [-0.2, 0) is 0 Å². The van der Waals surface area contributed by atoms with Crippen LogP contribution in [0.25, 0.3) is 0 Å². The predicted octanol–water partition coefficient (Wildman–Crippen LogP) is 3.27. The smallest absolute Gasteiger partial charge is 0.130 e. The zero-order valence-electron chi connectivity index (χ0n) is 11.6. The third-order valence-corrected chi connectivity index (χ3v) is 2.48. The standard InChI is InChI=1S/C12H18N2.C2H6/c1-9-7-6-8-11(10(9)2)12(13-3)14(4)5;1-2/h6-8H,1-5H3;1-2H3. The van der Waals surface area contributed by atoms with Gasteiger partial charge in [0.15, 0.2) is 0 Å². The third-order valence-electron chi connectivity index (χ3n) is 2.48. The summed E-state index contributed by atoms with van der Waals surface area (Å²) in [5, 5.41) is 0. The highest BCUT2D eigenvalue weighted by Gasteiger charge is 2.08. The molecule has 1 aromatic rings. The summed E-state index contributed by atoms with van der Waals surface area (Å²) in [6, 6.07) is 6.32. The van der Waals surface area contributed by atoms with Crippen LogP contribution in [0.5, 0.6) is 0 Å². The molecule has 0 aliphatic carbocycles. The van der Waals surface area contributed by atoms with Crippen LogP contribution in [0.1, 0.15) is 30.5 Å². The molecule has 2 heteroatoms. The van der Waals surface area contributed by atoms with Crippen LogP contribution in [0.4, 0.5) is 0 Å². The fourth-order valence-electron chi connectivity index (χ4n) is 1.55. The Labute approximate surface area is 100 Å². The minimum atomic E-state index is 1.03. The molecule has 0 radical (unpaired) electrons. The highest BCUT2D eigenvalue weighted by molar-refractivity contribution is 5.99. The van der Waals surface area contributed by atoms with Gasteiger partial charge in [0.1, 0.15) is 5.84 Å². The Bertz CT molecular complexity index is 352. The van der Waals surface area contributed by atoms with E-state index < -0.39 is 0 Å². The number of aryl methyl sites for hydroxylation is 1. The minimum absolute atomic E-state index is 1.03. The lowest BCUT2D eigenvalue weighted by molar-refractivity contribution is 0.622. The molecule has 0 spiro atoms. The van der Waals surface area contributed by atoms with Gasteiger partial charge in [-0.2, -0.15) is 0 Å². The highest BCUT2D eigenvalue weighted by Crippen LogP contribution is 2.14. The quantitative estimate of drug-likeness (QED) is 0.524. The number of rotatable bonds is 1. The first kappa shape index (κ1) is 14.7. The second-order valence-electron chi connectivity index (χ2n) is 3.69. The number of nitrogens with zero attached hydrogens (tertiary/aromatic N) is 2. The van der Waals surface area contributed by atoms with E-state index in [2.05, 4.69) is 37.0 Å². The maximum atomic E-state index is 4.30. The van der Waals surface area contributed by atoms with Crippen LogP contribution in [0.15, 0.2) is 23.2 Å². The molecule has 1 aromatic carbocycles. The van der Waals surface area contributed by atoms with Crippen molar-refractivity contribution in [2.45, 2.75) is 27.7 Å². The zero-order chi connectivity index (χ0) is 12.7. The predicted molar refractivity (Wildman–Crippen MR) is 73.4 cm³/mol. The van der Waals surface area contributed by atoms with Crippen LogP contribution in [0, 0.1) is 13.8 Å². The molecule has 0 bridgehead atoms. The van der Waals surface area contributed by atoms with Crippen LogP contribution in [0.3, 0.4) is 0 Å². The molecular weight excluding hydrogens is 196 g/mol. The van der Waals surface area contributed by atoms with Crippen LogP contribution < -0.4 is 0 Å². The van der Waals surface area contributed by atoms with E-state index in [0.717, 1.165) is 5.84 Å². The van der Waals surface area contributed by atoms with Crippen molar-refractivity contribution in [1.82, 2.24) is 4.90 Å². The maximum absolute atomic E-state index is 4.30. The number of amidine groups is 1. The van der Waals surface area contributed by atoms with Gasteiger partial charge in [-0.05, 0) is 25.0 Å². The van der Waals surface area contributed by atoms with E-state index in [4.69, 9.17) is 0 Å². The summed E-state index contributed by atoms with van der Waals surface area (Å²) in [6.45, 7) is 8.26. The summed E-state index contributed by atoms with van der Waals surface area (Å²) in [6.07, 6.45) is 0.